The Hall–Kier alpha value is -2.77. The van der Waals surface area contributed by atoms with Crippen molar-refractivity contribution in [3.05, 3.63) is 69.5 Å². The van der Waals surface area contributed by atoms with Gasteiger partial charge in [-0.25, -0.2) is 9.40 Å². The van der Waals surface area contributed by atoms with Crippen molar-refractivity contribution in [1.29, 1.82) is 0 Å². The fourth-order valence-corrected chi connectivity index (χ4v) is 5.80. The average Bonchev–Trinajstić information content (AvgIpc) is 3.48. The summed E-state index contributed by atoms with van der Waals surface area (Å²) < 4.78 is 13.3. The molecule has 2 aromatic rings. The number of Topliss-reactive ketones (excluding diaryl/α,β-unsaturated/α-hetero) is 1. The molecule has 6 nitrogen and oxygen atoms in total. The molecule has 170 valence electrons. The van der Waals surface area contributed by atoms with Gasteiger partial charge >= 0.3 is 0 Å². The van der Waals surface area contributed by atoms with E-state index < -0.39 is 47.7 Å². The number of rotatable bonds is 5. The minimum atomic E-state index is -0.724. The van der Waals surface area contributed by atoms with Crippen molar-refractivity contribution < 1.29 is 23.6 Å². The van der Waals surface area contributed by atoms with Crippen molar-refractivity contribution in [3.8, 4) is 0 Å². The first-order chi connectivity index (χ1) is 15.8. The molecular formula is C24H19Cl2FN2O4. The van der Waals surface area contributed by atoms with E-state index in [0.717, 1.165) is 41.4 Å². The third-order valence-electron chi connectivity index (χ3n) is 7.01. The summed E-state index contributed by atoms with van der Waals surface area (Å²) in [5, 5.41) is 2.11. The number of fused-ring (bicyclic) bond motifs is 5. The molecule has 3 fully saturated rings. The predicted molar refractivity (Wildman–Crippen MR) is 118 cm³/mol. The monoisotopic (exact) mass is 488 g/mol. The van der Waals surface area contributed by atoms with Crippen molar-refractivity contribution in [2.75, 3.05) is 6.54 Å². The molecule has 33 heavy (non-hydrogen) atoms. The first-order valence-corrected chi connectivity index (χ1v) is 11.4. The first-order valence-electron chi connectivity index (χ1n) is 10.7. The normalized spacial score (nSPS) is 25.5. The van der Waals surface area contributed by atoms with Crippen LogP contribution in [0.25, 0.3) is 0 Å². The Bertz CT molecular complexity index is 1160. The summed E-state index contributed by atoms with van der Waals surface area (Å²) >= 11 is 12.0. The van der Waals surface area contributed by atoms with Gasteiger partial charge in [0.25, 0.3) is 17.7 Å². The number of hydrogen-bond donors (Lipinski definition) is 0. The molecule has 1 saturated heterocycles. The SMILES string of the molecule is O=C(CN(C(=O)c1ccc(Cl)c(Cl)c1)N1C(=O)[C@@H]2[C@H]3CC[C@@H](C3)[C@@H]2C1=O)c1ccc(F)cc1. The van der Waals surface area contributed by atoms with Crippen molar-refractivity contribution in [1.82, 2.24) is 10.0 Å². The number of nitrogens with zero attached hydrogens (tertiary/aromatic N) is 2. The van der Waals surface area contributed by atoms with Crippen LogP contribution in [0.2, 0.25) is 10.0 Å². The van der Waals surface area contributed by atoms with Crippen molar-refractivity contribution in [2.45, 2.75) is 19.3 Å². The second-order valence-corrected chi connectivity index (χ2v) is 9.61. The third kappa shape index (κ3) is 3.63. The molecule has 4 atom stereocenters. The van der Waals surface area contributed by atoms with Gasteiger partial charge in [-0.2, -0.15) is 5.01 Å². The molecule has 1 aliphatic heterocycles. The zero-order chi connectivity index (χ0) is 23.4. The number of amides is 3. The standard InChI is InChI=1S/C24H19Cl2FN2O4/c25-17-8-5-15(10-18(17)26)22(31)28(11-19(30)12-3-6-16(27)7-4-12)29-23(32)20-13-1-2-14(9-13)21(20)24(29)33/h3-8,10,13-14,20-21H,1-2,9,11H2/t13-,14-,20-,21+/m0/s1. The molecule has 1 heterocycles. The van der Waals surface area contributed by atoms with Gasteiger partial charge in [-0.1, -0.05) is 23.2 Å². The van der Waals surface area contributed by atoms with Crippen LogP contribution in [0.3, 0.4) is 0 Å². The topological polar surface area (TPSA) is 74.8 Å². The van der Waals surface area contributed by atoms with Gasteiger partial charge in [0.1, 0.15) is 12.4 Å². The lowest BCUT2D eigenvalue weighted by Gasteiger charge is -2.31. The molecule has 3 aliphatic rings. The number of benzene rings is 2. The highest BCUT2D eigenvalue weighted by Gasteiger charge is 2.62. The number of hydrogen-bond acceptors (Lipinski definition) is 4. The summed E-state index contributed by atoms with van der Waals surface area (Å²) in [6.07, 6.45) is 2.61. The van der Waals surface area contributed by atoms with E-state index in [2.05, 4.69) is 0 Å². The number of carbonyl (C=O) groups is 4. The largest absolute Gasteiger partial charge is 0.292 e. The van der Waals surface area contributed by atoms with Crippen molar-refractivity contribution >= 4 is 46.7 Å². The summed E-state index contributed by atoms with van der Waals surface area (Å²) in [4.78, 5) is 53.1. The Morgan fingerprint density at radius 3 is 2.06 bits per heavy atom. The van der Waals surface area contributed by atoms with Crippen LogP contribution in [-0.4, -0.2) is 40.1 Å². The van der Waals surface area contributed by atoms with E-state index in [0.29, 0.717) is 0 Å². The number of ketones is 1. The maximum Gasteiger partial charge on any atom is 0.273 e. The highest BCUT2D eigenvalue weighted by molar-refractivity contribution is 6.42. The molecule has 5 rings (SSSR count). The Morgan fingerprint density at radius 2 is 1.48 bits per heavy atom. The molecule has 0 aromatic heterocycles. The smallest absolute Gasteiger partial charge is 0.273 e. The van der Waals surface area contributed by atoms with Crippen LogP contribution in [0.4, 0.5) is 4.39 Å². The van der Waals surface area contributed by atoms with Gasteiger partial charge in [-0.3, -0.25) is 19.2 Å². The van der Waals surface area contributed by atoms with E-state index in [1.165, 1.54) is 30.3 Å². The van der Waals surface area contributed by atoms with Gasteiger partial charge in [0.05, 0.1) is 21.9 Å². The molecule has 0 radical (unpaired) electrons. The molecule has 0 spiro atoms. The van der Waals surface area contributed by atoms with Crippen LogP contribution in [0.15, 0.2) is 42.5 Å². The quantitative estimate of drug-likeness (QED) is 0.461. The Morgan fingerprint density at radius 1 is 0.909 bits per heavy atom. The van der Waals surface area contributed by atoms with E-state index in [1.807, 2.05) is 0 Å². The maximum absolute atomic E-state index is 13.5. The second-order valence-electron chi connectivity index (χ2n) is 8.79. The highest BCUT2D eigenvalue weighted by Crippen LogP contribution is 2.56. The average molecular weight is 489 g/mol. The fourth-order valence-electron chi connectivity index (χ4n) is 5.51. The molecule has 2 aromatic carbocycles. The van der Waals surface area contributed by atoms with Gasteiger partial charge in [0.15, 0.2) is 5.78 Å². The van der Waals surface area contributed by atoms with E-state index in [1.54, 1.807) is 0 Å². The minimum Gasteiger partial charge on any atom is -0.292 e. The van der Waals surface area contributed by atoms with Crippen LogP contribution in [0, 0.1) is 29.5 Å². The van der Waals surface area contributed by atoms with Crippen LogP contribution in [0.5, 0.6) is 0 Å². The lowest BCUT2D eigenvalue weighted by molar-refractivity contribution is -0.154. The Balaban J connectivity index is 1.51. The summed E-state index contributed by atoms with van der Waals surface area (Å²) in [7, 11) is 0. The zero-order valence-electron chi connectivity index (χ0n) is 17.3. The number of halogens is 3. The summed E-state index contributed by atoms with van der Waals surface area (Å²) in [5.41, 5.74) is 0.236. The maximum atomic E-state index is 13.5. The highest BCUT2D eigenvalue weighted by atomic mass is 35.5. The third-order valence-corrected chi connectivity index (χ3v) is 7.75. The summed E-state index contributed by atoms with van der Waals surface area (Å²) in [6.45, 7) is -0.559. The molecular weight excluding hydrogens is 470 g/mol. The Labute approximate surface area is 199 Å². The molecule has 2 aliphatic carbocycles. The Kier molecular flexibility index (Phi) is 5.49. The van der Waals surface area contributed by atoms with E-state index in [-0.39, 0.29) is 33.0 Å². The van der Waals surface area contributed by atoms with E-state index >= 15 is 0 Å². The van der Waals surface area contributed by atoms with Crippen LogP contribution in [0.1, 0.15) is 40.0 Å². The predicted octanol–water partition coefficient (Wildman–Crippen LogP) is 4.40. The molecule has 0 N–H and O–H groups in total. The molecule has 2 bridgehead atoms. The number of hydrazine groups is 1. The van der Waals surface area contributed by atoms with Crippen molar-refractivity contribution in [2.24, 2.45) is 23.7 Å². The number of imide groups is 1. The van der Waals surface area contributed by atoms with Crippen LogP contribution in [-0.2, 0) is 9.59 Å². The molecule has 3 amide bonds. The molecule has 2 saturated carbocycles. The lowest BCUT2D eigenvalue weighted by atomic mass is 9.81. The van der Waals surface area contributed by atoms with Crippen molar-refractivity contribution in [3.63, 3.8) is 0 Å². The minimum absolute atomic E-state index is 0.0805. The second kappa shape index (κ2) is 8.22. The van der Waals surface area contributed by atoms with Crippen LogP contribution >= 0.6 is 23.2 Å². The summed E-state index contributed by atoms with van der Waals surface area (Å²) in [5.74, 6) is -3.34. The molecule has 9 heteroatoms. The lowest BCUT2D eigenvalue weighted by Crippen LogP contribution is -2.52. The van der Waals surface area contributed by atoms with Crippen LogP contribution < -0.4 is 0 Å². The first kappa shape index (κ1) is 22.0. The van der Waals surface area contributed by atoms with E-state index in [4.69, 9.17) is 23.2 Å². The van der Waals surface area contributed by atoms with E-state index in [9.17, 15) is 23.6 Å². The van der Waals surface area contributed by atoms with Gasteiger partial charge in [-0.15, -0.1) is 0 Å². The number of carbonyl (C=O) groups excluding carboxylic acids is 4. The summed E-state index contributed by atoms with van der Waals surface area (Å²) in [6, 6.07) is 9.03. The zero-order valence-corrected chi connectivity index (χ0v) is 18.9. The fraction of sp³-hybridized carbons (Fsp3) is 0.333. The van der Waals surface area contributed by atoms with Gasteiger partial charge in [0.2, 0.25) is 0 Å². The molecule has 0 unspecified atom stereocenters. The van der Waals surface area contributed by atoms with Gasteiger partial charge in [0, 0.05) is 11.1 Å². The van der Waals surface area contributed by atoms with Gasteiger partial charge < -0.3 is 0 Å². The van der Waals surface area contributed by atoms with Gasteiger partial charge in [-0.05, 0) is 73.6 Å².